The third kappa shape index (κ3) is 7.19. The molecule has 0 amide bonds. The van der Waals surface area contributed by atoms with Gasteiger partial charge in [0.25, 0.3) is 0 Å². The van der Waals surface area contributed by atoms with Crippen LogP contribution in [0.4, 0.5) is 0 Å². The van der Waals surface area contributed by atoms with Crippen molar-refractivity contribution >= 4 is 11.6 Å². The Hall–Kier alpha value is -2.73. The van der Waals surface area contributed by atoms with Crippen LogP contribution in [0, 0.1) is 11.3 Å². The maximum atomic E-state index is 9.53. The Morgan fingerprint density at radius 2 is 1.37 bits per heavy atom. The lowest BCUT2D eigenvalue weighted by Gasteiger charge is -2.07. The summed E-state index contributed by atoms with van der Waals surface area (Å²) in [5, 5.41) is 9.53. The predicted molar refractivity (Wildman–Crippen MR) is 112 cm³/mol. The Bertz CT molecular complexity index is 739. The minimum absolute atomic E-state index is 0.631. The zero-order chi connectivity index (χ0) is 19.3. The first-order valence-electron chi connectivity index (χ1n) is 9.84. The van der Waals surface area contributed by atoms with E-state index in [9.17, 15) is 5.26 Å². The molecule has 0 N–H and O–H groups in total. The van der Waals surface area contributed by atoms with Gasteiger partial charge in [-0.05, 0) is 66.4 Å². The molecular weight excluding hydrogens is 334 g/mol. The molecule has 2 aromatic rings. The minimum atomic E-state index is 0.631. The zero-order valence-corrected chi connectivity index (χ0v) is 16.4. The Morgan fingerprint density at radius 3 is 1.93 bits per heavy atom. The van der Waals surface area contributed by atoms with Crippen LogP contribution in [0.15, 0.2) is 48.5 Å². The zero-order valence-electron chi connectivity index (χ0n) is 16.4. The highest BCUT2D eigenvalue weighted by molar-refractivity contribution is 5.89. The average Bonchev–Trinajstić information content (AvgIpc) is 2.71. The monoisotopic (exact) mass is 363 g/mol. The van der Waals surface area contributed by atoms with Crippen LogP contribution in [0.25, 0.3) is 11.6 Å². The van der Waals surface area contributed by atoms with Crippen molar-refractivity contribution in [3.63, 3.8) is 0 Å². The van der Waals surface area contributed by atoms with Gasteiger partial charge >= 0.3 is 0 Å². The summed E-state index contributed by atoms with van der Waals surface area (Å²) in [6, 6.07) is 17.9. The van der Waals surface area contributed by atoms with Gasteiger partial charge in [0.15, 0.2) is 0 Å². The van der Waals surface area contributed by atoms with E-state index in [1.807, 2.05) is 54.6 Å². The van der Waals surface area contributed by atoms with Crippen molar-refractivity contribution in [3.05, 3.63) is 59.7 Å². The molecule has 2 rings (SSSR count). The van der Waals surface area contributed by atoms with Crippen LogP contribution in [0.2, 0.25) is 0 Å². The van der Waals surface area contributed by atoms with E-state index in [1.54, 1.807) is 0 Å². The molecule has 0 fully saturated rings. The van der Waals surface area contributed by atoms with E-state index < -0.39 is 0 Å². The summed E-state index contributed by atoms with van der Waals surface area (Å²) in [7, 11) is 0. The Morgan fingerprint density at radius 1 is 0.815 bits per heavy atom. The van der Waals surface area contributed by atoms with Crippen LogP contribution in [0.3, 0.4) is 0 Å². The molecule has 0 aliphatic carbocycles. The quantitative estimate of drug-likeness (QED) is 0.260. The molecule has 0 bridgehead atoms. The maximum absolute atomic E-state index is 9.53. The molecule has 0 atom stereocenters. The first kappa shape index (κ1) is 20.6. The molecule has 0 saturated carbocycles. The lowest BCUT2D eigenvalue weighted by molar-refractivity contribution is 0.306. The number of hydrogen-bond acceptors (Lipinski definition) is 3. The Labute approximate surface area is 163 Å². The van der Waals surface area contributed by atoms with Gasteiger partial charge in [0.05, 0.1) is 24.9 Å². The molecule has 3 nitrogen and oxygen atoms in total. The van der Waals surface area contributed by atoms with Gasteiger partial charge in [0.1, 0.15) is 11.5 Å². The molecule has 0 heterocycles. The molecule has 0 radical (unpaired) electrons. The molecule has 27 heavy (non-hydrogen) atoms. The maximum Gasteiger partial charge on any atom is 0.119 e. The molecule has 0 unspecified atom stereocenters. The number of allylic oxidation sites excluding steroid dienone is 1. The van der Waals surface area contributed by atoms with Crippen LogP contribution in [-0.4, -0.2) is 13.2 Å². The largest absolute Gasteiger partial charge is 0.494 e. The van der Waals surface area contributed by atoms with Gasteiger partial charge in [-0.1, -0.05) is 45.2 Å². The van der Waals surface area contributed by atoms with E-state index in [2.05, 4.69) is 19.9 Å². The average molecular weight is 364 g/mol. The fourth-order valence-electron chi connectivity index (χ4n) is 2.61. The highest BCUT2D eigenvalue weighted by Crippen LogP contribution is 2.22. The molecule has 3 heteroatoms. The normalized spacial score (nSPS) is 11.1. The number of rotatable bonds is 11. The molecule has 0 aliphatic heterocycles. The van der Waals surface area contributed by atoms with Crippen LogP contribution in [0.5, 0.6) is 11.5 Å². The predicted octanol–water partition coefficient (Wildman–Crippen LogP) is 6.50. The smallest absolute Gasteiger partial charge is 0.119 e. The van der Waals surface area contributed by atoms with Gasteiger partial charge < -0.3 is 9.47 Å². The summed E-state index contributed by atoms with van der Waals surface area (Å²) in [6.07, 6.45) is 7.51. The first-order chi connectivity index (χ1) is 13.3. The number of nitrogens with zero attached hydrogens (tertiary/aromatic N) is 1. The second-order valence-electron chi connectivity index (χ2n) is 6.52. The van der Waals surface area contributed by atoms with Crippen molar-refractivity contribution < 1.29 is 9.47 Å². The van der Waals surface area contributed by atoms with E-state index in [4.69, 9.17) is 9.47 Å². The van der Waals surface area contributed by atoms with Gasteiger partial charge in [-0.15, -0.1) is 0 Å². The summed E-state index contributed by atoms with van der Waals surface area (Å²) < 4.78 is 11.4. The third-order valence-electron chi connectivity index (χ3n) is 4.26. The Balaban J connectivity index is 1.99. The summed E-state index contributed by atoms with van der Waals surface area (Å²) in [6.45, 7) is 5.80. The van der Waals surface area contributed by atoms with E-state index in [0.717, 1.165) is 55.1 Å². The SMILES string of the molecule is CCCCCOc1ccc(/C=C(\C#N)c2ccc(OCCCC)cc2)cc1. The van der Waals surface area contributed by atoms with Crippen molar-refractivity contribution in [3.8, 4) is 17.6 Å². The summed E-state index contributed by atoms with van der Waals surface area (Å²) >= 11 is 0. The first-order valence-corrected chi connectivity index (χ1v) is 9.84. The molecule has 2 aromatic carbocycles. The summed E-state index contributed by atoms with van der Waals surface area (Å²) in [5.41, 5.74) is 2.50. The van der Waals surface area contributed by atoms with Gasteiger partial charge in [-0.3, -0.25) is 0 Å². The van der Waals surface area contributed by atoms with Crippen molar-refractivity contribution in [1.29, 1.82) is 5.26 Å². The minimum Gasteiger partial charge on any atom is -0.494 e. The molecule has 0 saturated heterocycles. The van der Waals surface area contributed by atoms with Gasteiger partial charge in [0.2, 0.25) is 0 Å². The highest BCUT2D eigenvalue weighted by atomic mass is 16.5. The van der Waals surface area contributed by atoms with Crippen molar-refractivity contribution in [2.75, 3.05) is 13.2 Å². The van der Waals surface area contributed by atoms with Crippen molar-refractivity contribution in [2.24, 2.45) is 0 Å². The number of nitriles is 1. The fraction of sp³-hybridized carbons (Fsp3) is 0.375. The van der Waals surface area contributed by atoms with E-state index in [-0.39, 0.29) is 0 Å². The van der Waals surface area contributed by atoms with E-state index in [1.165, 1.54) is 12.8 Å². The van der Waals surface area contributed by atoms with Crippen molar-refractivity contribution in [2.45, 2.75) is 46.0 Å². The number of ether oxygens (including phenoxy) is 2. The molecular formula is C24H29NO2. The topological polar surface area (TPSA) is 42.2 Å². The molecule has 0 spiro atoms. The highest BCUT2D eigenvalue weighted by Gasteiger charge is 2.03. The number of unbranched alkanes of at least 4 members (excludes halogenated alkanes) is 3. The third-order valence-corrected chi connectivity index (χ3v) is 4.26. The van der Waals surface area contributed by atoms with Crippen LogP contribution < -0.4 is 9.47 Å². The molecule has 0 aliphatic rings. The number of benzene rings is 2. The summed E-state index contributed by atoms with van der Waals surface area (Å²) in [5.74, 6) is 1.71. The second kappa shape index (κ2) is 11.8. The van der Waals surface area contributed by atoms with Gasteiger partial charge in [-0.2, -0.15) is 5.26 Å². The Kier molecular flexibility index (Phi) is 9.00. The lowest BCUT2D eigenvalue weighted by Crippen LogP contribution is -1.96. The standard InChI is InChI=1S/C24H29NO2/c1-3-5-7-17-27-23-12-8-20(9-13-23)18-22(19-25)21-10-14-24(15-11-21)26-16-6-4-2/h8-15,18H,3-7,16-17H2,1-2H3/b22-18+. The summed E-state index contributed by atoms with van der Waals surface area (Å²) in [4.78, 5) is 0. The van der Waals surface area contributed by atoms with E-state index >= 15 is 0 Å². The van der Waals surface area contributed by atoms with E-state index in [0.29, 0.717) is 5.57 Å². The van der Waals surface area contributed by atoms with Crippen molar-refractivity contribution in [1.82, 2.24) is 0 Å². The van der Waals surface area contributed by atoms with Gasteiger partial charge in [0, 0.05) is 0 Å². The van der Waals surface area contributed by atoms with Crippen LogP contribution >= 0.6 is 0 Å². The van der Waals surface area contributed by atoms with Gasteiger partial charge in [-0.25, -0.2) is 0 Å². The number of hydrogen-bond donors (Lipinski definition) is 0. The van der Waals surface area contributed by atoms with Crippen LogP contribution in [-0.2, 0) is 0 Å². The molecule has 142 valence electrons. The lowest BCUT2D eigenvalue weighted by atomic mass is 10.0. The molecule has 0 aromatic heterocycles. The fourth-order valence-corrected chi connectivity index (χ4v) is 2.61. The second-order valence-corrected chi connectivity index (χ2v) is 6.52. The van der Waals surface area contributed by atoms with Crippen LogP contribution in [0.1, 0.15) is 57.1 Å².